The third-order valence-electron chi connectivity index (χ3n) is 3.31. The Morgan fingerprint density at radius 2 is 2.11 bits per heavy atom. The van der Waals surface area contributed by atoms with Crippen LogP contribution in [0.3, 0.4) is 0 Å². The minimum Gasteiger partial charge on any atom is -0.323 e. The second-order valence-corrected chi connectivity index (χ2v) is 6.16. The molecule has 0 unspecified atom stereocenters. The number of hydrogen-bond donors (Lipinski definition) is 0. The monoisotopic (exact) mass is 359 g/mol. The number of benzene rings is 1. The molecule has 0 spiro atoms. The van der Waals surface area contributed by atoms with Gasteiger partial charge in [0.1, 0.15) is 4.60 Å². The number of halogens is 3. The zero-order valence-electron chi connectivity index (χ0n) is 10.3. The molecule has 2 heterocycles. The first kappa shape index (κ1) is 13.3. The zero-order valence-corrected chi connectivity index (χ0v) is 13.4. The summed E-state index contributed by atoms with van der Waals surface area (Å²) in [6.45, 7) is 0.914. The first-order valence-electron chi connectivity index (χ1n) is 6.02. The molecular formula is C13H12BrCl2N3. The number of fused-ring (bicyclic) bond motifs is 1. The second kappa shape index (κ2) is 5.00. The molecule has 3 rings (SSSR count). The van der Waals surface area contributed by atoms with Crippen LogP contribution in [0.25, 0.3) is 0 Å². The van der Waals surface area contributed by atoms with E-state index in [2.05, 4.69) is 25.9 Å². The topological polar surface area (TPSA) is 21.1 Å². The molecular weight excluding hydrogens is 349 g/mol. The van der Waals surface area contributed by atoms with Crippen molar-refractivity contribution < 1.29 is 0 Å². The van der Waals surface area contributed by atoms with Crippen LogP contribution < -0.4 is 4.90 Å². The molecule has 0 saturated carbocycles. The van der Waals surface area contributed by atoms with Gasteiger partial charge in [-0.25, -0.2) is 0 Å². The molecule has 0 radical (unpaired) electrons. The average molecular weight is 361 g/mol. The molecule has 0 bridgehead atoms. The smallest absolute Gasteiger partial charge is 0.159 e. The molecule has 0 fully saturated rings. The van der Waals surface area contributed by atoms with E-state index in [9.17, 15) is 0 Å². The van der Waals surface area contributed by atoms with Crippen molar-refractivity contribution in [1.29, 1.82) is 0 Å². The Balaban J connectivity index is 2.11. The summed E-state index contributed by atoms with van der Waals surface area (Å²) >= 11 is 15.8. The van der Waals surface area contributed by atoms with Crippen LogP contribution in [-0.2, 0) is 13.5 Å². The lowest BCUT2D eigenvalue weighted by Gasteiger charge is -2.28. The lowest BCUT2D eigenvalue weighted by molar-refractivity contribution is 0.737. The maximum atomic E-state index is 6.30. The Kier molecular flexibility index (Phi) is 3.50. The van der Waals surface area contributed by atoms with E-state index in [0.29, 0.717) is 10.0 Å². The highest BCUT2D eigenvalue weighted by atomic mass is 79.9. The molecule has 1 aliphatic heterocycles. The first-order chi connectivity index (χ1) is 9.08. The quantitative estimate of drug-likeness (QED) is 0.742. The van der Waals surface area contributed by atoms with E-state index in [4.69, 9.17) is 23.2 Å². The SMILES string of the molecule is Cn1nc2c(c1Br)CCCN2c1ccc(Cl)cc1Cl. The molecule has 0 atom stereocenters. The van der Waals surface area contributed by atoms with Gasteiger partial charge >= 0.3 is 0 Å². The molecule has 1 aromatic heterocycles. The van der Waals surface area contributed by atoms with E-state index in [1.165, 1.54) is 5.56 Å². The molecule has 1 aliphatic rings. The van der Waals surface area contributed by atoms with Gasteiger partial charge in [-0.3, -0.25) is 4.68 Å². The van der Waals surface area contributed by atoms with Gasteiger partial charge < -0.3 is 4.90 Å². The van der Waals surface area contributed by atoms with Crippen molar-refractivity contribution in [2.75, 3.05) is 11.4 Å². The van der Waals surface area contributed by atoms with Crippen molar-refractivity contribution >= 4 is 50.6 Å². The van der Waals surface area contributed by atoms with Crippen LogP contribution in [-0.4, -0.2) is 16.3 Å². The summed E-state index contributed by atoms with van der Waals surface area (Å²) in [6.07, 6.45) is 2.11. The van der Waals surface area contributed by atoms with E-state index in [0.717, 1.165) is 35.5 Å². The van der Waals surface area contributed by atoms with E-state index in [-0.39, 0.29) is 0 Å². The molecule has 1 aromatic carbocycles. The fraction of sp³-hybridized carbons (Fsp3) is 0.308. The van der Waals surface area contributed by atoms with Crippen LogP contribution in [0.15, 0.2) is 22.8 Å². The van der Waals surface area contributed by atoms with Crippen molar-refractivity contribution in [3.8, 4) is 0 Å². The van der Waals surface area contributed by atoms with E-state index >= 15 is 0 Å². The molecule has 19 heavy (non-hydrogen) atoms. The van der Waals surface area contributed by atoms with Gasteiger partial charge in [-0.1, -0.05) is 23.2 Å². The van der Waals surface area contributed by atoms with E-state index in [1.54, 1.807) is 6.07 Å². The Labute approximate surface area is 130 Å². The molecule has 0 amide bonds. The molecule has 0 saturated heterocycles. The van der Waals surface area contributed by atoms with Crippen LogP contribution >= 0.6 is 39.1 Å². The standard InChI is InChI=1S/C13H12BrCl2N3/c1-18-12(14)9-3-2-6-19(13(9)17-18)11-5-4-8(15)7-10(11)16/h4-5,7H,2-3,6H2,1H3. The molecule has 6 heteroatoms. The van der Waals surface area contributed by atoms with Crippen molar-refractivity contribution in [3.05, 3.63) is 38.4 Å². The zero-order chi connectivity index (χ0) is 13.6. The largest absolute Gasteiger partial charge is 0.323 e. The highest BCUT2D eigenvalue weighted by Gasteiger charge is 2.26. The Morgan fingerprint density at radius 1 is 1.32 bits per heavy atom. The van der Waals surface area contributed by atoms with Crippen LogP contribution in [0.2, 0.25) is 10.0 Å². The van der Waals surface area contributed by atoms with Gasteiger partial charge in [-0.15, -0.1) is 0 Å². The van der Waals surface area contributed by atoms with Crippen molar-refractivity contribution in [2.45, 2.75) is 12.8 Å². The predicted molar refractivity (Wildman–Crippen MR) is 82.7 cm³/mol. The summed E-state index contributed by atoms with van der Waals surface area (Å²) in [5, 5.41) is 5.88. The summed E-state index contributed by atoms with van der Waals surface area (Å²) in [5.41, 5.74) is 2.19. The molecule has 100 valence electrons. The number of aromatic nitrogens is 2. The third-order valence-corrected chi connectivity index (χ3v) is 4.84. The molecule has 0 aliphatic carbocycles. The minimum absolute atomic E-state index is 0.646. The second-order valence-electron chi connectivity index (χ2n) is 4.57. The predicted octanol–water partition coefficient (Wildman–Crippen LogP) is 4.57. The molecule has 0 N–H and O–H groups in total. The fourth-order valence-corrected chi connectivity index (χ4v) is 3.39. The van der Waals surface area contributed by atoms with Crippen LogP contribution in [0, 0.1) is 0 Å². The highest BCUT2D eigenvalue weighted by Crippen LogP contribution is 2.39. The lowest BCUT2D eigenvalue weighted by Crippen LogP contribution is -2.24. The third kappa shape index (κ3) is 2.26. The van der Waals surface area contributed by atoms with Gasteiger partial charge in [0.15, 0.2) is 5.82 Å². The molecule has 2 aromatic rings. The van der Waals surface area contributed by atoms with Crippen molar-refractivity contribution in [2.24, 2.45) is 7.05 Å². The maximum Gasteiger partial charge on any atom is 0.159 e. The van der Waals surface area contributed by atoms with Gasteiger partial charge in [0.05, 0.1) is 10.7 Å². The summed E-state index contributed by atoms with van der Waals surface area (Å²) in [5.74, 6) is 0.977. The Hall–Kier alpha value is -0.710. The fourth-order valence-electron chi connectivity index (χ4n) is 2.42. The summed E-state index contributed by atoms with van der Waals surface area (Å²) < 4.78 is 2.89. The van der Waals surface area contributed by atoms with E-state index < -0.39 is 0 Å². The van der Waals surface area contributed by atoms with Crippen LogP contribution in [0.1, 0.15) is 12.0 Å². The van der Waals surface area contributed by atoms with Gasteiger partial charge in [0.25, 0.3) is 0 Å². The highest BCUT2D eigenvalue weighted by molar-refractivity contribution is 9.10. The van der Waals surface area contributed by atoms with Gasteiger partial charge in [-0.2, -0.15) is 5.10 Å². The minimum atomic E-state index is 0.646. The first-order valence-corrected chi connectivity index (χ1v) is 7.57. The maximum absolute atomic E-state index is 6.30. The number of rotatable bonds is 1. The summed E-state index contributed by atoms with van der Waals surface area (Å²) in [6, 6.07) is 5.57. The summed E-state index contributed by atoms with van der Waals surface area (Å²) in [7, 11) is 1.93. The van der Waals surface area contributed by atoms with Crippen LogP contribution in [0.5, 0.6) is 0 Å². The van der Waals surface area contributed by atoms with Gasteiger partial charge in [0.2, 0.25) is 0 Å². The Bertz CT molecular complexity index is 639. The number of aryl methyl sites for hydroxylation is 1. The van der Waals surface area contributed by atoms with Gasteiger partial charge in [0, 0.05) is 24.2 Å². The van der Waals surface area contributed by atoms with Crippen LogP contribution in [0.4, 0.5) is 11.5 Å². The van der Waals surface area contributed by atoms with Crippen molar-refractivity contribution in [1.82, 2.24) is 9.78 Å². The van der Waals surface area contributed by atoms with E-state index in [1.807, 2.05) is 23.9 Å². The van der Waals surface area contributed by atoms with Crippen molar-refractivity contribution in [3.63, 3.8) is 0 Å². The lowest BCUT2D eigenvalue weighted by atomic mass is 10.1. The number of nitrogens with zero attached hydrogens (tertiary/aromatic N) is 3. The number of hydrogen-bond acceptors (Lipinski definition) is 2. The average Bonchev–Trinajstić information content (AvgIpc) is 2.66. The summed E-state index contributed by atoms with van der Waals surface area (Å²) in [4.78, 5) is 2.16. The Morgan fingerprint density at radius 3 is 2.84 bits per heavy atom. The molecule has 3 nitrogen and oxygen atoms in total. The van der Waals surface area contributed by atoms with Gasteiger partial charge in [-0.05, 0) is 47.0 Å². The number of anilines is 2. The normalized spacial score (nSPS) is 14.6.